The Labute approximate surface area is 114 Å². The average Bonchev–Trinajstić information content (AvgIpc) is 3.22. The lowest BCUT2D eigenvalue weighted by atomic mass is 10.0. The van der Waals surface area contributed by atoms with Crippen molar-refractivity contribution in [1.29, 1.82) is 0 Å². The van der Waals surface area contributed by atoms with Crippen LogP contribution in [0.15, 0.2) is 42.5 Å². The van der Waals surface area contributed by atoms with E-state index in [-0.39, 0.29) is 6.10 Å². The number of hydrogen-bond acceptors (Lipinski definition) is 2. The molecule has 0 aliphatic carbocycles. The third kappa shape index (κ3) is 2.96. The highest BCUT2D eigenvalue weighted by Crippen LogP contribution is 2.31. The first-order valence-corrected chi connectivity index (χ1v) is 6.64. The molecule has 1 aliphatic rings. The van der Waals surface area contributed by atoms with Gasteiger partial charge in [0.2, 0.25) is 0 Å². The van der Waals surface area contributed by atoms with E-state index in [9.17, 15) is 0 Å². The smallest absolute Gasteiger partial charge is 0.127 e. The molecule has 1 unspecified atom stereocenters. The van der Waals surface area contributed by atoms with E-state index in [1.165, 1.54) is 16.7 Å². The summed E-state index contributed by atoms with van der Waals surface area (Å²) < 4.78 is 11.1. The predicted octanol–water partition coefficient (Wildman–Crippen LogP) is 3.75. The third-order valence-corrected chi connectivity index (χ3v) is 3.32. The molecular formula is C17H18O2. The van der Waals surface area contributed by atoms with Gasteiger partial charge in [-0.1, -0.05) is 41.5 Å². The van der Waals surface area contributed by atoms with Gasteiger partial charge < -0.3 is 9.47 Å². The lowest BCUT2D eigenvalue weighted by molar-refractivity contribution is 0.264. The van der Waals surface area contributed by atoms with Gasteiger partial charge in [-0.25, -0.2) is 0 Å². The summed E-state index contributed by atoms with van der Waals surface area (Å²) in [4.78, 5) is 0. The molecule has 0 bridgehead atoms. The maximum Gasteiger partial charge on any atom is 0.127 e. The number of epoxide rings is 1. The van der Waals surface area contributed by atoms with Crippen molar-refractivity contribution < 1.29 is 9.47 Å². The summed E-state index contributed by atoms with van der Waals surface area (Å²) in [6.07, 6.45) is 0.284. The maximum atomic E-state index is 5.88. The van der Waals surface area contributed by atoms with Crippen LogP contribution in [0.4, 0.5) is 0 Å². The van der Waals surface area contributed by atoms with Crippen molar-refractivity contribution in [3.63, 3.8) is 0 Å². The van der Waals surface area contributed by atoms with Gasteiger partial charge in [0.25, 0.3) is 0 Å². The number of hydrogen-bond donors (Lipinski definition) is 0. The lowest BCUT2D eigenvalue weighted by Crippen LogP contribution is -2.05. The summed E-state index contributed by atoms with van der Waals surface area (Å²) in [5.74, 6) is 0.935. The quantitative estimate of drug-likeness (QED) is 0.775. The van der Waals surface area contributed by atoms with Gasteiger partial charge in [-0.3, -0.25) is 0 Å². The van der Waals surface area contributed by atoms with Gasteiger partial charge in [-0.05, 0) is 31.5 Å². The molecule has 2 aromatic rings. The summed E-state index contributed by atoms with van der Waals surface area (Å²) in [6.45, 7) is 5.67. The molecule has 0 spiro atoms. The fourth-order valence-corrected chi connectivity index (χ4v) is 2.08. The SMILES string of the molecule is Cc1ccc(-c2cc(C)ccc2OCC2CO2)cc1. The largest absolute Gasteiger partial charge is 0.490 e. The monoisotopic (exact) mass is 254 g/mol. The van der Waals surface area contributed by atoms with Crippen LogP contribution in [0.25, 0.3) is 11.1 Å². The summed E-state index contributed by atoms with van der Waals surface area (Å²) in [6, 6.07) is 14.9. The van der Waals surface area contributed by atoms with E-state index in [4.69, 9.17) is 9.47 Å². The van der Waals surface area contributed by atoms with Crippen molar-refractivity contribution in [3.8, 4) is 16.9 Å². The topological polar surface area (TPSA) is 21.8 Å². The van der Waals surface area contributed by atoms with E-state index < -0.39 is 0 Å². The van der Waals surface area contributed by atoms with Gasteiger partial charge in [-0.15, -0.1) is 0 Å². The second-order valence-corrected chi connectivity index (χ2v) is 5.13. The van der Waals surface area contributed by atoms with Gasteiger partial charge in [0.15, 0.2) is 0 Å². The first-order chi connectivity index (χ1) is 9.22. The fraction of sp³-hybridized carbons (Fsp3) is 0.294. The van der Waals surface area contributed by atoms with E-state index in [0.717, 1.165) is 17.9 Å². The maximum absolute atomic E-state index is 5.88. The molecule has 1 heterocycles. The molecule has 0 N–H and O–H groups in total. The Morgan fingerprint density at radius 1 is 1.05 bits per heavy atom. The number of rotatable bonds is 4. The molecule has 0 aromatic heterocycles. The Bertz CT molecular complexity index is 568. The van der Waals surface area contributed by atoms with Crippen molar-refractivity contribution in [2.45, 2.75) is 20.0 Å². The van der Waals surface area contributed by atoms with Crippen LogP contribution >= 0.6 is 0 Å². The normalized spacial score (nSPS) is 17.3. The first kappa shape index (κ1) is 12.2. The van der Waals surface area contributed by atoms with Crippen LogP contribution in [0.2, 0.25) is 0 Å². The summed E-state index contributed by atoms with van der Waals surface area (Å²) in [5, 5.41) is 0. The van der Waals surface area contributed by atoms with Crippen molar-refractivity contribution in [1.82, 2.24) is 0 Å². The zero-order valence-corrected chi connectivity index (χ0v) is 11.3. The molecule has 1 saturated heterocycles. The van der Waals surface area contributed by atoms with Crippen molar-refractivity contribution in [2.75, 3.05) is 13.2 Å². The van der Waals surface area contributed by atoms with Crippen LogP contribution in [-0.4, -0.2) is 19.3 Å². The van der Waals surface area contributed by atoms with Gasteiger partial charge in [-0.2, -0.15) is 0 Å². The molecule has 3 rings (SSSR count). The minimum absolute atomic E-state index is 0.284. The molecule has 0 saturated carbocycles. The van der Waals surface area contributed by atoms with E-state index in [1.807, 2.05) is 6.07 Å². The van der Waals surface area contributed by atoms with E-state index in [0.29, 0.717) is 6.61 Å². The first-order valence-electron chi connectivity index (χ1n) is 6.64. The van der Waals surface area contributed by atoms with E-state index >= 15 is 0 Å². The molecule has 0 radical (unpaired) electrons. The minimum atomic E-state index is 0.284. The highest BCUT2D eigenvalue weighted by molar-refractivity contribution is 5.71. The Hall–Kier alpha value is -1.80. The summed E-state index contributed by atoms with van der Waals surface area (Å²) in [5.41, 5.74) is 4.86. The van der Waals surface area contributed by atoms with Crippen LogP contribution in [0.3, 0.4) is 0 Å². The molecule has 1 fully saturated rings. The standard InChI is InChI=1S/C17H18O2/c1-12-3-6-14(7-4-12)16-9-13(2)5-8-17(16)19-11-15-10-18-15/h3-9,15H,10-11H2,1-2H3. The third-order valence-electron chi connectivity index (χ3n) is 3.32. The summed E-state index contributed by atoms with van der Waals surface area (Å²) >= 11 is 0. The van der Waals surface area contributed by atoms with E-state index in [2.05, 4.69) is 50.2 Å². The number of ether oxygens (including phenoxy) is 2. The minimum Gasteiger partial charge on any atom is -0.490 e. The molecule has 1 atom stereocenters. The fourth-order valence-electron chi connectivity index (χ4n) is 2.08. The molecule has 0 amide bonds. The van der Waals surface area contributed by atoms with Gasteiger partial charge >= 0.3 is 0 Å². The number of aryl methyl sites for hydroxylation is 2. The zero-order valence-electron chi connectivity index (χ0n) is 11.3. The summed E-state index contributed by atoms with van der Waals surface area (Å²) in [7, 11) is 0. The highest BCUT2D eigenvalue weighted by atomic mass is 16.6. The van der Waals surface area contributed by atoms with Crippen molar-refractivity contribution in [3.05, 3.63) is 53.6 Å². The van der Waals surface area contributed by atoms with Crippen LogP contribution in [0.1, 0.15) is 11.1 Å². The molecule has 2 nitrogen and oxygen atoms in total. The van der Waals surface area contributed by atoms with Gasteiger partial charge in [0.05, 0.1) is 6.61 Å². The van der Waals surface area contributed by atoms with Crippen LogP contribution in [0.5, 0.6) is 5.75 Å². The highest BCUT2D eigenvalue weighted by Gasteiger charge is 2.23. The zero-order chi connectivity index (χ0) is 13.2. The Balaban J connectivity index is 1.92. The molecular weight excluding hydrogens is 236 g/mol. The Morgan fingerprint density at radius 3 is 2.42 bits per heavy atom. The van der Waals surface area contributed by atoms with Crippen LogP contribution in [0, 0.1) is 13.8 Å². The van der Waals surface area contributed by atoms with Gasteiger partial charge in [0, 0.05) is 5.56 Å². The molecule has 2 aromatic carbocycles. The van der Waals surface area contributed by atoms with Crippen LogP contribution < -0.4 is 4.74 Å². The molecule has 2 heteroatoms. The van der Waals surface area contributed by atoms with Crippen LogP contribution in [-0.2, 0) is 4.74 Å². The second-order valence-electron chi connectivity index (χ2n) is 5.13. The Morgan fingerprint density at radius 2 is 1.74 bits per heavy atom. The number of benzene rings is 2. The molecule has 19 heavy (non-hydrogen) atoms. The second kappa shape index (κ2) is 5.06. The predicted molar refractivity (Wildman–Crippen MR) is 76.6 cm³/mol. The van der Waals surface area contributed by atoms with Crippen molar-refractivity contribution >= 4 is 0 Å². The van der Waals surface area contributed by atoms with Crippen molar-refractivity contribution in [2.24, 2.45) is 0 Å². The lowest BCUT2D eigenvalue weighted by Gasteiger charge is -2.12. The molecule has 98 valence electrons. The average molecular weight is 254 g/mol. The Kier molecular flexibility index (Phi) is 3.26. The van der Waals surface area contributed by atoms with Gasteiger partial charge in [0.1, 0.15) is 18.5 Å². The van der Waals surface area contributed by atoms with E-state index in [1.54, 1.807) is 0 Å². The molecule has 1 aliphatic heterocycles.